The number of benzene rings is 2. The van der Waals surface area contributed by atoms with Crippen LogP contribution in [0.5, 0.6) is 5.75 Å². The van der Waals surface area contributed by atoms with Gasteiger partial charge in [-0.25, -0.2) is 0 Å². The maximum absolute atomic E-state index is 12.4. The molecule has 0 unspecified atom stereocenters. The molecule has 0 saturated carbocycles. The highest BCUT2D eigenvalue weighted by molar-refractivity contribution is 5.95. The highest BCUT2D eigenvalue weighted by Crippen LogP contribution is 2.24. The minimum Gasteiger partial charge on any atom is -0.494 e. The van der Waals surface area contributed by atoms with Gasteiger partial charge in [0.25, 0.3) is 0 Å². The molecule has 0 aliphatic heterocycles. The van der Waals surface area contributed by atoms with E-state index in [9.17, 15) is 9.59 Å². The zero-order valence-electron chi connectivity index (χ0n) is 16.5. The fourth-order valence-corrected chi connectivity index (χ4v) is 2.90. The Morgan fingerprint density at radius 3 is 2.33 bits per heavy atom. The number of nitrogens with zero attached hydrogens (tertiary/aromatic N) is 1. The number of para-hydroxylation sites is 1. The normalized spacial score (nSPS) is 10.6. The highest BCUT2D eigenvalue weighted by Gasteiger charge is 2.15. The number of carbonyl (C=O) groups is 2. The van der Waals surface area contributed by atoms with E-state index in [1.165, 1.54) is 6.92 Å². The van der Waals surface area contributed by atoms with Gasteiger partial charge in [-0.1, -0.05) is 32.0 Å². The Balaban J connectivity index is 2.01. The van der Waals surface area contributed by atoms with Crippen molar-refractivity contribution in [3.05, 3.63) is 54.1 Å². The summed E-state index contributed by atoms with van der Waals surface area (Å²) in [6.45, 7) is 8.52. The van der Waals surface area contributed by atoms with E-state index in [0.29, 0.717) is 19.1 Å². The van der Waals surface area contributed by atoms with Crippen LogP contribution in [0.2, 0.25) is 0 Å². The van der Waals surface area contributed by atoms with Crippen molar-refractivity contribution in [3.63, 3.8) is 0 Å². The van der Waals surface area contributed by atoms with E-state index < -0.39 is 0 Å². The summed E-state index contributed by atoms with van der Waals surface area (Å²) in [4.78, 5) is 26.0. The number of ether oxygens (including phenoxy) is 1. The molecule has 0 bridgehead atoms. The van der Waals surface area contributed by atoms with Gasteiger partial charge in [0.2, 0.25) is 11.8 Å². The van der Waals surface area contributed by atoms with Crippen LogP contribution in [0.15, 0.2) is 48.5 Å². The van der Waals surface area contributed by atoms with Crippen LogP contribution < -0.4 is 15.0 Å². The first-order valence-electron chi connectivity index (χ1n) is 9.32. The molecule has 0 atom stereocenters. The number of carbonyl (C=O) groups excluding carboxylic acids is 2. The molecule has 0 fully saturated rings. The molecule has 5 heteroatoms. The van der Waals surface area contributed by atoms with Gasteiger partial charge in [-0.3, -0.25) is 9.59 Å². The van der Waals surface area contributed by atoms with Crippen molar-refractivity contribution in [3.8, 4) is 5.75 Å². The summed E-state index contributed by atoms with van der Waals surface area (Å²) in [6.07, 6.45) is 0.221. The third-order valence-electron chi connectivity index (χ3n) is 4.26. The average molecular weight is 368 g/mol. The lowest BCUT2D eigenvalue weighted by atomic mass is 10.0. The zero-order valence-corrected chi connectivity index (χ0v) is 16.5. The van der Waals surface area contributed by atoms with E-state index in [-0.39, 0.29) is 18.2 Å². The van der Waals surface area contributed by atoms with Crippen LogP contribution in [-0.2, 0) is 9.59 Å². The molecule has 0 aromatic heterocycles. The Kier molecular flexibility index (Phi) is 7.41. The van der Waals surface area contributed by atoms with Gasteiger partial charge in [-0.2, -0.15) is 0 Å². The average Bonchev–Trinajstić information content (AvgIpc) is 2.63. The monoisotopic (exact) mass is 368 g/mol. The number of rotatable bonds is 8. The van der Waals surface area contributed by atoms with Gasteiger partial charge in [-0.15, -0.1) is 0 Å². The largest absolute Gasteiger partial charge is 0.494 e. The molecule has 144 valence electrons. The molecule has 2 amide bonds. The van der Waals surface area contributed by atoms with Crippen LogP contribution in [0.4, 0.5) is 11.4 Å². The Morgan fingerprint density at radius 2 is 1.74 bits per heavy atom. The fraction of sp³-hybridized carbons (Fsp3) is 0.364. The third kappa shape index (κ3) is 5.84. The van der Waals surface area contributed by atoms with Crippen LogP contribution in [0.3, 0.4) is 0 Å². The predicted molar refractivity (Wildman–Crippen MR) is 109 cm³/mol. The van der Waals surface area contributed by atoms with E-state index in [4.69, 9.17) is 4.74 Å². The number of anilines is 2. The van der Waals surface area contributed by atoms with Crippen molar-refractivity contribution in [1.29, 1.82) is 0 Å². The van der Waals surface area contributed by atoms with E-state index in [1.54, 1.807) is 4.90 Å². The topological polar surface area (TPSA) is 58.6 Å². The summed E-state index contributed by atoms with van der Waals surface area (Å²) in [6, 6.07) is 15.1. The second kappa shape index (κ2) is 9.76. The third-order valence-corrected chi connectivity index (χ3v) is 4.26. The number of hydrogen-bond acceptors (Lipinski definition) is 3. The first kappa shape index (κ1) is 20.5. The molecular weight excluding hydrogens is 340 g/mol. The smallest absolute Gasteiger partial charge is 0.226 e. The SMILES string of the molecule is CCOc1ccc(N(CCC(=O)Nc2ccccc2C(C)C)C(C)=O)cc1. The van der Waals surface area contributed by atoms with Crippen molar-refractivity contribution in [1.82, 2.24) is 0 Å². The zero-order chi connectivity index (χ0) is 19.8. The molecule has 1 N–H and O–H groups in total. The lowest BCUT2D eigenvalue weighted by Crippen LogP contribution is -2.32. The number of amides is 2. The maximum atomic E-state index is 12.4. The molecule has 0 aliphatic carbocycles. The summed E-state index contributed by atoms with van der Waals surface area (Å²) in [5.74, 6) is 0.863. The van der Waals surface area contributed by atoms with Gasteiger partial charge in [-0.05, 0) is 48.7 Å². The first-order chi connectivity index (χ1) is 12.9. The standard InChI is InChI=1S/C22H28N2O3/c1-5-27-19-12-10-18(11-13-19)24(17(4)25)15-14-22(26)23-21-9-7-6-8-20(21)16(2)3/h6-13,16H,5,14-15H2,1-4H3,(H,23,26). The Bertz CT molecular complexity index is 769. The molecule has 2 aromatic rings. The van der Waals surface area contributed by atoms with Crippen molar-refractivity contribution in [2.24, 2.45) is 0 Å². The van der Waals surface area contributed by atoms with E-state index >= 15 is 0 Å². The van der Waals surface area contributed by atoms with Gasteiger partial charge < -0.3 is 15.0 Å². The predicted octanol–water partition coefficient (Wildman–Crippen LogP) is 4.59. The summed E-state index contributed by atoms with van der Waals surface area (Å²) in [5.41, 5.74) is 2.68. The van der Waals surface area contributed by atoms with Gasteiger partial charge in [0.05, 0.1) is 6.61 Å². The second-order valence-corrected chi connectivity index (χ2v) is 6.64. The lowest BCUT2D eigenvalue weighted by Gasteiger charge is -2.21. The molecule has 0 spiro atoms. The van der Waals surface area contributed by atoms with Crippen molar-refractivity contribution in [2.75, 3.05) is 23.4 Å². The van der Waals surface area contributed by atoms with Gasteiger partial charge >= 0.3 is 0 Å². The minimum absolute atomic E-state index is 0.102. The second-order valence-electron chi connectivity index (χ2n) is 6.64. The molecular formula is C22H28N2O3. The summed E-state index contributed by atoms with van der Waals surface area (Å²) >= 11 is 0. The summed E-state index contributed by atoms with van der Waals surface area (Å²) in [7, 11) is 0. The molecule has 0 heterocycles. The lowest BCUT2D eigenvalue weighted by molar-refractivity contribution is -0.117. The van der Waals surface area contributed by atoms with Gasteiger partial charge in [0.15, 0.2) is 0 Å². The Labute approximate surface area is 161 Å². The molecule has 5 nitrogen and oxygen atoms in total. The highest BCUT2D eigenvalue weighted by atomic mass is 16.5. The first-order valence-corrected chi connectivity index (χ1v) is 9.32. The maximum Gasteiger partial charge on any atom is 0.226 e. The van der Waals surface area contributed by atoms with E-state index in [2.05, 4.69) is 19.2 Å². The fourth-order valence-electron chi connectivity index (χ4n) is 2.90. The van der Waals surface area contributed by atoms with Gasteiger partial charge in [0, 0.05) is 31.3 Å². The molecule has 27 heavy (non-hydrogen) atoms. The van der Waals surface area contributed by atoms with Crippen molar-refractivity contribution >= 4 is 23.2 Å². The summed E-state index contributed by atoms with van der Waals surface area (Å²) in [5, 5.41) is 2.97. The van der Waals surface area contributed by atoms with Gasteiger partial charge in [0.1, 0.15) is 5.75 Å². The van der Waals surface area contributed by atoms with E-state index in [0.717, 1.165) is 22.7 Å². The molecule has 0 aliphatic rings. The van der Waals surface area contributed by atoms with Crippen LogP contribution in [0.25, 0.3) is 0 Å². The van der Waals surface area contributed by atoms with Crippen LogP contribution in [0.1, 0.15) is 45.6 Å². The van der Waals surface area contributed by atoms with Crippen LogP contribution in [-0.4, -0.2) is 25.0 Å². The Hall–Kier alpha value is -2.82. The number of hydrogen-bond donors (Lipinski definition) is 1. The molecule has 2 aromatic carbocycles. The minimum atomic E-state index is -0.111. The Morgan fingerprint density at radius 1 is 1.07 bits per heavy atom. The number of nitrogens with one attached hydrogen (secondary N) is 1. The molecule has 2 rings (SSSR count). The van der Waals surface area contributed by atoms with Crippen molar-refractivity contribution < 1.29 is 14.3 Å². The summed E-state index contributed by atoms with van der Waals surface area (Å²) < 4.78 is 5.43. The molecule has 0 saturated heterocycles. The quantitative estimate of drug-likeness (QED) is 0.741. The molecule has 0 radical (unpaired) electrons. The van der Waals surface area contributed by atoms with Crippen molar-refractivity contribution in [2.45, 2.75) is 40.0 Å². The van der Waals surface area contributed by atoms with E-state index in [1.807, 2.05) is 55.5 Å². The van der Waals surface area contributed by atoms with Crippen LogP contribution >= 0.6 is 0 Å². The van der Waals surface area contributed by atoms with Crippen LogP contribution in [0, 0.1) is 0 Å².